The molecule has 0 N–H and O–H groups in total. The molecule has 4 rings (SSSR count). The summed E-state index contributed by atoms with van der Waals surface area (Å²) in [4.78, 5) is 1.31. The number of nitrogens with zero attached hydrogens (tertiary/aromatic N) is 3. The van der Waals surface area contributed by atoms with Crippen LogP contribution in [0.4, 0.5) is 13.2 Å². The van der Waals surface area contributed by atoms with Crippen LogP contribution in [0.1, 0.15) is 23.7 Å². The Bertz CT molecular complexity index is 1190. The minimum absolute atomic E-state index is 0.118. The van der Waals surface area contributed by atoms with Gasteiger partial charge in [0.25, 0.3) is 0 Å². The van der Waals surface area contributed by atoms with Gasteiger partial charge in [-0.2, -0.15) is 18.4 Å². The number of aromatic nitrogens is 1. The zero-order chi connectivity index (χ0) is 21.5. The molecule has 1 aliphatic heterocycles. The van der Waals surface area contributed by atoms with Gasteiger partial charge in [-0.05, 0) is 43.7 Å². The molecule has 0 saturated heterocycles. The van der Waals surface area contributed by atoms with E-state index < -0.39 is 12.2 Å². The molecule has 3 nitrogen and oxygen atoms in total. The Kier molecular flexibility index (Phi) is 4.90. The van der Waals surface area contributed by atoms with Crippen LogP contribution in [0.2, 0.25) is 0 Å². The third-order valence-electron chi connectivity index (χ3n) is 5.44. The summed E-state index contributed by atoms with van der Waals surface area (Å²) in [5.41, 5.74) is 3.82. The van der Waals surface area contributed by atoms with Crippen LogP contribution < -0.4 is 0 Å². The highest BCUT2D eigenvalue weighted by Gasteiger charge is 2.42. The molecule has 0 aliphatic carbocycles. The van der Waals surface area contributed by atoms with E-state index in [4.69, 9.17) is 0 Å². The van der Waals surface area contributed by atoms with Gasteiger partial charge in [0.05, 0.1) is 22.5 Å². The second-order valence-electron chi connectivity index (χ2n) is 7.38. The second kappa shape index (κ2) is 7.42. The first kappa shape index (κ1) is 19.8. The summed E-state index contributed by atoms with van der Waals surface area (Å²) in [5.74, 6) is 0. The molecule has 0 unspecified atom stereocenters. The largest absolute Gasteiger partial charge is 0.408 e. The summed E-state index contributed by atoms with van der Waals surface area (Å²) >= 11 is 0. The predicted molar refractivity (Wildman–Crippen MR) is 112 cm³/mol. The van der Waals surface area contributed by atoms with Crippen molar-refractivity contribution in [2.24, 2.45) is 0 Å². The Hall–Kier alpha value is -3.46. The van der Waals surface area contributed by atoms with E-state index in [9.17, 15) is 18.4 Å². The molecule has 30 heavy (non-hydrogen) atoms. The molecule has 1 atom stereocenters. The fraction of sp³-hybridized carbons (Fsp3) is 0.208. The molecule has 0 radical (unpaired) electrons. The highest BCUT2D eigenvalue weighted by molar-refractivity contribution is 5.95. The van der Waals surface area contributed by atoms with Crippen molar-refractivity contribution in [1.29, 1.82) is 5.26 Å². The molecule has 2 heterocycles. The van der Waals surface area contributed by atoms with Gasteiger partial charge in [-0.15, -0.1) is 0 Å². The molecule has 0 spiro atoms. The van der Waals surface area contributed by atoms with Gasteiger partial charge in [-0.1, -0.05) is 42.5 Å². The second-order valence-corrected chi connectivity index (χ2v) is 7.38. The zero-order valence-corrected chi connectivity index (χ0v) is 16.6. The highest BCUT2D eigenvalue weighted by Crippen LogP contribution is 2.39. The van der Waals surface area contributed by atoms with Crippen LogP contribution in [-0.4, -0.2) is 28.2 Å². The fourth-order valence-electron chi connectivity index (χ4n) is 3.89. The Labute approximate surface area is 173 Å². The molecule has 1 aromatic heterocycles. The quantitative estimate of drug-likeness (QED) is 0.535. The molecule has 1 aliphatic rings. The van der Waals surface area contributed by atoms with Gasteiger partial charge in [-0.3, -0.25) is 0 Å². The van der Waals surface area contributed by atoms with Crippen molar-refractivity contribution < 1.29 is 13.2 Å². The van der Waals surface area contributed by atoms with E-state index in [2.05, 4.69) is 6.07 Å². The molecule has 0 bridgehead atoms. The normalized spacial score (nSPS) is 15.2. The summed E-state index contributed by atoms with van der Waals surface area (Å²) < 4.78 is 42.8. The van der Waals surface area contributed by atoms with Crippen LogP contribution in [0.15, 0.2) is 66.8 Å². The maximum Gasteiger partial charge on any atom is 0.408 e. The lowest BCUT2D eigenvalue weighted by Gasteiger charge is -2.35. The van der Waals surface area contributed by atoms with Gasteiger partial charge < -0.3 is 9.47 Å². The maximum atomic E-state index is 13.6. The van der Waals surface area contributed by atoms with E-state index in [1.54, 1.807) is 18.2 Å². The van der Waals surface area contributed by atoms with Gasteiger partial charge in [0, 0.05) is 17.6 Å². The number of para-hydroxylation sites is 1. The van der Waals surface area contributed by atoms with Crippen molar-refractivity contribution in [3.8, 4) is 11.8 Å². The maximum absolute atomic E-state index is 13.6. The first-order valence-corrected chi connectivity index (χ1v) is 9.64. The molecule has 0 fully saturated rings. The molecule has 6 heteroatoms. The minimum Gasteiger partial charge on any atom is -0.354 e. The molecule has 0 amide bonds. The molecular weight excluding hydrogens is 387 g/mol. The number of benzene rings is 2. The van der Waals surface area contributed by atoms with E-state index in [1.165, 1.54) is 4.90 Å². The summed E-state index contributed by atoms with van der Waals surface area (Å²) in [6.07, 6.45) is 0.704. The van der Waals surface area contributed by atoms with Crippen molar-refractivity contribution in [3.63, 3.8) is 0 Å². The topological polar surface area (TPSA) is 32.0 Å². The lowest BCUT2D eigenvalue weighted by atomic mass is 10.1. The van der Waals surface area contributed by atoms with Crippen LogP contribution in [0.5, 0.6) is 0 Å². The Balaban J connectivity index is 2.06. The summed E-state index contributed by atoms with van der Waals surface area (Å²) in [7, 11) is 0. The van der Waals surface area contributed by atoms with E-state index in [0.29, 0.717) is 17.0 Å². The monoisotopic (exact) mass is 407 g/mol. The number of rotatable bonds is 3. The molecular formula is C24H20F3N3. The SMILES string of the molecule is Cc1ccc2c(C#N)c(C3=CC=CCN3[C@@H](C)C(F)(F)F)n(-c3ccccc3)c2c1. The Morgan fingerprint density at radius 3 is 2.50 bits per heavy atom. The fourth-order valence-corrected chi connectivity index (χ4v) is 3.89. The summed E-state index contributed by atoms with van der Waals surface area (Å²) in [6, 6.07) is 15.7. The lowest BCUT2D eigenvalue weighted by molar-refractivity contribution is -0.169. The van der Waals surface area contributed by atoms with Crippen molar-refractivity contribution in [2.75, 3.05) is 6.54 Å². The van der Waals surface area contributed by atoms with E-state index in [-0.39, 0.29) is 6.54 Å². The van der Waals surface area contributed by atoms with Crippen LogP contribution >= 0.6 is 0 Å². The Morgan fingerprint density at radius 1 is 1.10 bits per heavy atom. The van der Waals surface area contributed by atoms with Gasteiger partial charge in [0.2, 0.25) is 0 Å². The number of alkyl halides is 3. The van der Waals surface area contributed by atoms with Crippen molar-refractivity contribution in [1.82, 2.24) is 9.47 Å². The van der Waals surface area contributed by atoms with Crippen LogP contribution in [0, 0.1) is 18.3 Å². The van der Waals surface area contributed by atoms with Crippen LogP contribution in [0.3, 0.4) is 0 Å². The van der Waals surface area contributed by atoms with E-state index in [0.717, 1.165) is 29.1 Å². The average Bonchev–Trinajstić information content (AvgIpc) is 3.06. The predicted octanol–water partition coefficient (Wildman–Crippen LogP) is 5.97. The van der Waals surface area contributed by atoms with Gasteiger partial charge in [0.15, 0.2) is 0 Å². The van der Waals surface area contributed by atoms with E-state index >= 15 is 0 Å². The van der Waals surface area contributed by atoms with Crippen molar-refractivity contribution in [3.05, 3.63) is 83.6 Å². The minimum atomic E-state index is -4.39. The number of allylic oxidation sites excluding steroid dienone is 2. The third-order valence-corrected chi connectivity index (χ3v) is 5.44. The summed E-state index contributed by atoms with van der Waals surface area (Å²) in [5, 5.41) is 10.7. The first-order chi connectivity index (χ1) is 14.3. The first-order valence-electron chi connectivity index (χ1n) is 9.64. The number of aryl methyl sites for hydroxylation is 1. The van der Waals surface area contributed by atoms with Gasteiger partial charge in [-0.25, -0.2) is 0 Å². The number of nitriles is 1. The Morgan fingerprint density at radius 2 is 1.83 bits per heavy atom. The molecule has 152 valence electrons. The van der Waals surface area contributed by atoms with Crippen molar-refractivity contribution >= 4 is 16.6 Å². The van der Waals surface area contributed by atoms with Gasteiger partial charge >= 0.3 is 6.18 Å². The number of hydrogen-bond acceptors (Lipinski definition) is 2. The van der Waals surface area contributed by atoms with Gasteiger partial charge in [0.1, 0.15) is 12.1 Å². The smallest absolute Gasteiger partial charge is 0.354 e. The van der Waals surface area contributed by atoms with Crippen LogP contribution in [0.25, 0.3) is 22.3 Å². The molecule has 2 aromatic carbocycles. The molecule has 0 saturated carbocycles. The summed E-state index contributed by atoms with van der Waals surface area (Å²) in [6.45, 7) is 3.22. The molecule has 3 aromatic rings. The average molecular weight is 407 g/mol. The number of hydrogen-bond donors (Lipinski definition) is 0. The third kappa shape index (κ3) is 3.26. The standard InChI is InChI=1S/C24H20F3N3/c1-16-11-12-19-20(15-28)23(30(22(19)14-16)18-8-4-3-5-9-18)21-10-6-7-13-29(21)17(2)24(25,26)27/h3-12,14,17H,13H2,1-2H3/t17-/m0/s1. The van der Waals surface area contributed by atoms with Crippen molar-refractivity contribution in [2.45, 2.75) is 26.1 Å². The lowest BCUT2D eigenvalue weighted by Crippen LogP contribution is -2.43. The van der Waals surface area contributed by atoms with Crippen LogP contribution in [-0.2, 0) is 0 Å². The zero-order valence-electron chi connectivity index (χ0n) is 16.6. The number of halogens is 3. The highest BCUT2D eigenvalue weighted by atomic mass is 19.4. The number of fused-ring (bicyclic) bond motifs is 1. The van der Waals surface area contributed by atoms with E-state index in [1.807, 2.05) is 60.0 Å².